The number of hydrogen-bond donors (Lipinski definition) is 2. The number of carbonyl (C=O) groups is 1. The van der Waals surface area contributed by atoms with Gasteiger partial charge in [-0.15, -0.1) is 11.8 Å². The van der Waals surface area contributed by atoms with Crippen molar-refractivity contribution in [3.05, 3.63) is 11.0 Å². The summed E-state index contributed by atoms with van der Waals surface area (Å²) in [6.07, 6.45) is 6.98. The van der Waals surface area contributed by atoms with Crippen LogP contribution in [-0.2, 0) is 9.53 Å². The molecule has 4 aliphatic rings. The Morgan fingerprint density at radius 1 is 1.27 bits per heavy atom. The van der Waals surface area contributed by atoms with Crippen molar-refractivity contribution in [2.75, 3.05) is 19.8 Å². The van der Waals surface area contributed by atoms with Crippen molar-refractivity contribution in [1.82, 2.24) is 10.6 Å². The predicted molar refractivity (Wildman–Crippen MR) is 88.7 cm³/mol. The van der Waals surface area contributed by atoms with Gasteiger partial charge in [-0.3, -0.25) is 4.79 Å². The van der Waals surface area contributed by atoms with Gasteiger partial charge in [-0.2, -0.15) is 0 Å². The van der Waals surface area contributed by atoms with Crippen LogP contribution in [0.4, 0.5) is 0 Å². The van der Waals surface area contributed by atoms with Gasteiger partial charge in [-0.25, -0.2) is 0 Å². The van der Waals surface area contributed by atoms with E-state index in [2.05, 4.69) is 16.0 Å². The Labute approximate surface area is 136 Å². The molecule has 1 amide bonds. The lowest BCUT2D eigenvalue weighted by Gasteiger charge is -2.23. The molecule has 2 N–H and O–H groups in total. The minimum absolute atomic E-state index is 0.157. The van der Waals surface area contributed by atoms with Crippen LogP contribution in [0.15, 0.2) is 11.0 Å². The molecular formula is C17H26N2O2S. The van der Waals surface area contributed by atoms with Gasteiger partial charge < -0.3 is 15.4 Å². The van der Waals surface area contributed by atoms with Crippen LogP contribution in [0.2, 0.25) is 0 Å². The average molecular weight is 322 g/mol. The Balaban J connectivity index is 1.19. The molecule has 1 unspecified atom stereocenters. The van der Waals surface area contributed by atoms with Crippen LogP contribution in [0, 0.1) is 11.8 Å². The molecule has 2 aliphatic heterocycles. The molecule has 3 fully saturated rings. The minimum Gasteiger partial charge on any atom is -0.381 e. The maximum atomic E-state index is 12.4. The first kappa shape index (κ1) is 15.0. The molecule has 0 bridgehead atoms. The lowest BCUT2D eigenvalue weighted by atomic mass is 10.1. The zero-order chi connectivity index (χ0) is 14.9. The SMILES string of the molecule is O=C(NC1CCOCC1)C1=CSC([C@@H]2C[C@H]2NCC2CC2)C1. The summed E-state index contributed by atoms with van der Waals surface area (Å²) in [5.74, 6) is 1.88. The van der Waals surface area contributed by atoms with Crippen LogP contribution >= 0.6 is 11.8 Å². The van der Waals surface area contributed by atoms with E-state index in [9.17, 15) is 4.79 Å². The summed E-state index contributed by atoms with van der Waals surface area (Å²) in [5.41, 5.74) is 0.995. The van der Waals surface area contributed by atoms with Crippen LogP contribution in [0.5, 0.6) is 0 Å². The summed E-state index contributed by atoms with van der Waals surface area (Å²) in [6, 6.07) is 1.02. The first-order valence-corrected chi connectivity index (χ1v) is 9.70. The maximum Gasteiger partial charge on any atom is 0.247 e. The van der Waals surface area contributed by atoms with Crippen LogP contribution in [-0.4, -0.2) is 43.0 Å². The fraction of sp³-hybridized carbons (Fsp3) is 0.824. The highest BCUT2D eigenvalue weighted by molar-refractivity contribution is 8.03. The van der Waals surface area contributed by atoms with E-state index < -0.39 is 0 Å². The van der Waals surface area contributed by atoms with Crippen LogP contribution < -0.4 is 10.6 Å². The molecular weight excluding hydrogens is 296 g/mol. The quantitative estimate of drug-likeness (QED) is 0.786. The molecule has 2 aliphatic carbocycles. The number of thioether (sulfide) groups is 1. The normalized spacial score (nSPS) is 35.3. The summed E-state index contributed by atoms with van der Waals surface area (Å²) in [4.78, 5) is 12.4. The second-order valence-electron chi connectivity index (χ2n) is 7.24. The smallest absolute Gasteiger partial charge is 0.247 e. The van der Waals surface area contributed by atoms with E-state index in [4.69, 9.17) is 4.74 Å². The highest BCUT2D eigenvalue weighted by Gasteiger charge is 2.45. The molecule has 1 saturated heterocycles. The largest absolute Gasteiger partial charge is 0.381 e. The van der Waals surface area contributed by atoms with E-state index in [0.717, 1.165) is 49.9 Å². The Bertz CT molecular complexity index is 458. The van der Waals surface area contributed by atoms with E-state index in [0.29, 0.717) is 17.3 Å². The van der Waals surface area contributed by atoms with Crippen molar-refractivity contribution in [1.29, 1.82) is 0 Å². The van der Waals surface area contributed by atoms with Gasteiger partial charge in [0.1, 0.15) is 0 Å². The second kappa shape index (κ2) is 6.54. The van der Waals surface area contributed by atoms with E-state index in [1.165, 1.54) is 25.8 Å². The summed E-state index contributed by atoms with van der Waals surface area (Å²) < 4.78 is 5.34. The number of rotatable bonds is 6. The molecule has 3 atom stereocenters. The summed E-state index contributed by atoms with van der Waals surface area (Å²) in [5, 5.41) is 9.61. The third kappa shape index (κ3) is 3.69. The van der Waals surface area contributed by atoms with Gasteiger partial charge in [-0.1, -0.05) is 0 Å². The lowest BCUT2D eigenvalue weighted by molar-refractivity contribution is -0.118. The third-order valence-corrected chi connectivity index (χ3v) is 6.62. The fourth-order valence-corrected chi connectivity index (χ4v) is 4.82. The first-order chi connectivity index (χ1) is 10.8. The summed E-state index contributed by atoms with van der Waals surface area (Å²) >= 11 is 1.88. The van der Waals surface area contributed by atoms with Crippen LogP contribution in [0.25, 0.3) is 0 Å². The first-order valence-electron chi connectivity index (χ1n) is 8.76. The van der Waals surface area contributed by atoms with E-state index in [1.54, 1.807) is 0 Å². The molecule has 4 nitrogen and oxygen atoms in total. The highest BCUT2D eigenvalue weighted by Crippen LogP contribution is 2.46. The number of hydrogen-bond acceptors (Lipinski definition) is 4. The molecule has 0 aromatic heterocycles. The van der Waals surface area contributed by atoms with Gasteiger partial charge >= 0.3 is 0 Å². The van der Waals surface area contributed by atoms with E-state index >= 15 is 0 Å². The van der Waals surface area contributed by atoms with Gasteiger partial charge in [0.15, 0.2) is 0 Å². The van der Waals surface area contributed by atoms with Gasteiger partial charge in [0.2, 0.25) is 5.91 Å². The average Bonchev–Trinajstić information content (AvgIpc) is 3.45. The highest BCUT2D eigenvalue weighted by atomic mass is 32.2. The minimum atomic E-state index is 0.157. The fourth-order valence-electron chi connectivity index (χ4n) is 3.50. The number of carbonyl (C=O) groups excluding carboxylic acids is 1. The molecule has 2 saturated carbocycles. The molecule has 22 heavy (non-hydrogen) atoms. The number of amides is 1. The number of ether oxygens (including phenoxy) is 1. The molecule has 0 aromatic rings. The van der Waals surface area contributed by atoms with Gasteiger partial charge in [0, 0.05) is 36.1 Å². The van der Waals surface area contributed by atoms with E-state index in [-0.39, 0.29) is 5.91 Å². The summed E-state index contributed by atoms with van der Waals surface area (Å²) in [7, 11) is 0. The van der Waals surface area contributed by atoms with Gasteiger partial charge in [0.25, 0.3) is 0 Å². The van der Waals surface area contributed by atoms with Gasteiger partial charge in [0.05, 0.1) is 0 Å². The molecule has 2 heterocycles. The van der Waals surface area contributed by atoms with Crippen molar-refractivity contribution < 1.29 is 9.53 Å². The van der Waals surface area contributed by atoms with Crippen molar-refractivity contribution in [2.45, 2.75) is 55.9 Å². The molecule has 0 spiro atoms. The lowest BCUT2D eigenvalue weighted by Crippen LogP contribution is -2.39. The topological polar surface area (TPSA) is 50.4 Å². The Hall–Kier alpha value is -0.520. The van der Waals surface area contributed by atoms with Crippen LogP contribution in [0.3, 0.4) is 0 Å². The van der Waals surface area contributed by atoms with Crippen molar-refractivity contribution in [3.8, 4) is 0 Å². The van der Waals surface area contributed by atoms with Crippen molar-refractivity contribution >= 4 is 17.7 Å². The Morgan fingerprint density at radius 3 is 2.86 bits per heavy atom. The standard InChI is InChI=1S/C17H26N2O2S/c20-17(19-13-3-5-21-6-4-13)12-7-16(22-10-12)14-8-15(14)18-9-11-1-2-11/h10-11,13-16,18H,1-9H2,(H,19,20)/t14-,15-,16?/m1/s1. The predicted octanol–water partition coefficient (Wildman–Crippen LogP) is 2.06. The molecule has 0 radical (unpaired) electrons. The van der Waals surface area contributed by atoms with Gasteiger partial charge in [-0.05, 0) is 62.3 Å². The molecule has 5 heteroatoms. The van der Waals surface area contributed by atoms with Crippen molar-refractivity contribution in [2.24, 2.45) is 11.8 Å². The zero-order valence-corrected chi connectivity index (χ0v) is 13.9. The Kier molecular flexibility index (Phi) is 4.47. The zero-order valence-electron chi connectivity index (χ0n) is 13.1. The molecule has 0 aromatic carbocycles. The maximum absolute atomic E-state index is 12.4. The molecule has 122 valence electrons. The molecule has 4 rings (SSSR count). The Morgan fingerprint density at radius 2 is 2.09 bits per heavy atom. The van der Waals surface area contributed by atoms with E-state index in [1.807, 2.05) is 11.8 Å². The van der Waals surface area contributed by atoms with Crippen molar-refractivity contribution in [3.63, 3.8) is 0 Å². The summed E-state index contributed by atoms with van der Waals surface area (Å²) in [6.45, 7) is 2.76. The van der Waals surface area contributed by atoms with Crippen LogP contribution in [0.1, 0.15) is 38.5 Å². The monoisotopic (exact) mass is 322 g/mol. The second-order valence-corrected chi connectivity index (χ2v) is 8.35. The third-order valence-electron chi connectivity index (χ3n) is 5.34. The number of nitrogens with one attached hydrogen (secondary N) is 2.